The van der Waals surface area contributed by atoms with Gasteiger partial charge in [-0.05, 0) is 25.7 Å². The maximum atomic E-state index is 10.5. The zero-order chi connectivity index (χ0) is 12.3. The molecule has 0 radical (unpaired) electrons. The van der Waals surface area contributed by atoms with Gasteiger partial charge in [-0.15, -0.1) is 22.9 Å². The molecule has 1 fully saturated rings. The third-order valence-electron chi connectivity index (χ3n) is 3.11. The van der Waals surface area contributed by atoms with Crippen molar-refractivity contribution in [2.75, 3.05) is 0 Å². The molecule has 1 saturated carbocycles. The Hall–Kier alpha value is -0.810. The summed E-state index contributed by atoms with van der Waals surface area (Å²) in [5.41, 5.74) is 0.942. The van der Waals surface area contributed by atoms with Gasteiger partial charge < -0.3 is 10.4 Å². The van der Waals surface area contributed by atoms with Crippen LogP contribution >= 0.6 is 22.9 Å². The first-order valence-corrected chi connectivity index (χ1v) is 7.10. The Balaban J connectivity index is 1.88. The molecule has 0 unspecified atom stereocenters. The lowest BCUT2D eigenvalue weighted by molar-refractivity contribution is 0.185. The number of halogens is 1. The van der Waals surface area contributed by atoms with Gasteiger partial charge in [-0.2, -0.15) is 0 Å². The standard InChI is InChI=1S/C11H15ClN2O2S/c12-5-9-6-17-10(13-9)7-1-3-8(4-2-7)14-11(15)16/h6-8,14H,1-5H2,(H,15,16). The van der Waals surface area contributed by atoms with E-state index in [-0.39, 0.29) is 6.04 Å². The van der Waals surface area contributed by atoms with Gasteiger partial charge in [-0.25, -0.2) is 9.78 Å². The van der Waals surface area contributed by atoms with Crippen LogP contribution in [0.2, 0.25) is 0 Å². The molecule has 0 spiro atoms. The fraction of sp³-hybridized carbons (Fsp3) is 0.636. The highest BCUT2D eigenvalue weighted by molar-refractivity contribution is 7.09. The molecule has 6 heteroatoms. The topological polar surface area (TPSA) is 62.2 Å². The lowest BCUT2D eigenvalue weighted by Crippen LogP contribution is -2.36. The molecule has 1 aliphatic rings. The molecule has 94 valence electrons. The number of rotatable bonds is 3. The quantitative estimate of drug-likeness (QED) is 0.832. The summed E-state index contributed by atoms with van der Waals surface area (Å²) in [6.07, 6.45) is 2.87. The largest absolute Gasteiger partial charge is 0.465 e. The zero-order valence-electron chi connectivity index (χ0n) is 9.36. The molecule has 1 aromatic rings. The van der Waals surface area contributed by atoms with E-state index in [4.69, 9.17) is 16.7 Å². The minimum atomic E-state index is -0.924. The van der Waals surface area contributed by atoms with Gasteiger partial charge in [0.1, 0.15) is 0 Å². The van der Waals surface area contributed by atoms with Crippen LogP contribution < -0.4 is 5.32 Å². The number of hydrogen-bond donors (Lipinski definition) is 2. The van der Waals surface area contributed by atoms with E-state index < -0.39 is 6.09 Å². The highest BCUT2D eigenvalue weighted by atomic mass is 35.5. The molecule has 2 N–H and O–H groups in total. The number of thiazole rings is 1. The highest BCUT2D eigenvalue weighted by Gasteiger charge is 2.25. The van der Waals surface area contributed by atoms with Gasteiger partial charge in [0.25, 0.3) is 0 Å². The average Bonchev–Trinajstić information content (AvgIpc) is 2.78. The summed E-state index contributed by atoms with van der Waals surface area (Å²) < 4.78 is 0. The van der Waals surface area contributed by atoms with E-state index in [1.54, 1.807) is 11.3 Å². The minimum absolute atomic E-state index is 0.108. The normalized spacial score (nSPS) is 24.5. The second-order valence-corrected chi connectivity index (χ2v) is 5.47. The van der Waals surface area contributed by atoms with Crippen LogP contribution in [0.5, 0.6) is 0 Å². The summed E-state index contributed by atoms with van der Waals surface area (Å²) >= 11 is 7.39. The number of nitrogens with zero attached hydrogens (tertiary/aromatic N) is 1. The second kappa shape index (κ2) is 5.69. The molecule has 0 atom stereocenters. The fourth-order valence-corrected chi connectivity index (χ4v) is 3.45. The van der Waals surface area contributed by atoms with E-state index >= 15 is 0 Å². The van der Waals surface area contributed by atoms with Crippen molar-refractivity contribution in [2.24, 2.45) is 0 Å². The number of hydrogen-bond acceptors (Lipinski definition) is 3. The van der Waals surface area contributed by atoms with Crippen molar-refractivity contribution < 1.29 is 9.90 Å². The van der Waals surface area contributed by atoms with Gasteiger partial charge in [0, 0.05) is 17.3 Å². The van der Waals surface area contributed by atoms with E-state index in [0.717, 1.165) is 36.4 Å². The van der Waals surface area contributed by atoms with E-state index in [1.165, 1.54) is 0 Å². The van der Waals surface area contributed by atoms with Crippen molar-refractivity contribution >= 4 is 29.0 Å². The molecule has 0 aliphatic heterocycles. The van der Waals surface area contributed by atoms with E-state index in [0.29, 0.717) is 11.8 Å². The second-order valence-electron chi connectivity index (χ2n) is 4.31. The maximum absolute atomic E-state index is 10.5. The third-order valence-corrected chi connectivity index (χ3v) is 4.44. The summed E-state index contributed by atoms with van der Waals surface area (Å²) in [6.45, 7) is 0. The van der Waals surface area contributed by atoms with Crippen LogP contribution in [0, 0.1) is 0 Å². The van der Waals surface area contributed by atoms with Crippen LogP contribution in [0.1, 0.15) is 42.3 Å². The number of amides is 1. The van der Waals surface area contributed by atoms with Gasteiger partial charge in [0.05, 0.1) is 16.6 Å². The summed E-state index contributed by atoms with van der Waals surface area (Å²) in [6, 6.07) is 0.108. The van der Waals surface area contributed by atoms with Crippen LogP contribution in [0.25, 0.3) is 0 Å². The van der Waals surface area contributed by atoms with Gasteiger partial charge in [-0.3, -0.25) is 0 Å². The van der Waals surface area contributed by atoms with Crippen LogP contribution in [0.15, 0.2) is 5.38 Å². The summed E-state index contributed by atoms with van der Waals surface area (Å²) in [7, 11) is 0. The molecule has 1 aliphatic carbocycles. The van der Waals surface area contributed by atoms with Crippen molar-refractivity contribution in [3.8, 4) is 0 Å². The van der Waals surface area contributed by atoms with Crippen molar-refractivity contribution in [2.45, 2.75) is 43.5 Å². The molecular weight excluding hydrogens is 260 g/mol. The molecule has 4 nitrogen and oxygen atoms in total. The Kier molecular flexibility index (Phi) is 4.23. The highest BCUT2D eigenvalue weighted by Crippen LogP contribution is 2.34. The molecule has 1 amide bonds. The Morgan fingerprint density at radius 3 is 2.76 bits per heavy atom. The number of carbonyl (C=O) groups is 1. The van der Waals surface area contributed by atoms with Crippen molar-refractivity contribution in [3.63, 3.8) is 0 Å². The number of alkyl halides is 1. The van der Waals surface area contributed by atoms with Crippen LogP contribution in [-0.4, -0.2) is 22.2 Å². The maximum Gasteiger partial charge on any atom is 0.404 e. The van der Waals surface area contributed by atoms with Gasteiger partial charge in [-0.1, -0.05) is 0 Å². The molecule has 17 heavy (non-hydrogen) atoms. The lowest BCUT2D eigenvalue weighted by atomic mass is 9.86. The Morgan fingerprint density at radius 2 is 2.24 bits per heavy atom. The minimum Gasteiger partial charge on any atom is -0.465 e. The fourth-order valence-electron chi connectivity index (χ4n) is 2.23. The SMILES string of the molecule is O=C(O)NC1CCC(c2nc(CCl)cs2)CC1. The molecule has 0 saturated heterocycles. The predicted molar refractivity (Wildman–Crippen MR) is 67.8 cm³/mol. The number of aromatic nitrogens is 1. The summed E-state index contributed by atoms with van der Waals surface area (Å²) in [4.78, 5) is 15.0. The molecular formula is C11H15ClN2O2S. The van der Waals surface area contributed by atoms with Crippen LogP contribution in [0.4, 0.5) is 4.79 Å². The van der Waals surface area contributed by atoms with E-state index in [9.17, 15) is 4.79 Å². The third kappa shape index (κ3) is 3.33. The summed E-state index contributed by atoms with van der Waals surface area (Å²) in [5.74, 6) is 0.940. The summed E-state index contributed by atoms with van der Waals surface area (Å²) in [5, 5.41) is 14.3. The van der Waals surface area contributed by atoms with Gasteiger partial charge in [0.2, 0.25) is 0 Å². The first-order chi connectivity index (χ1) is 8.19. The Labute approximate surface area is 109 Å². The van der Waals surface area contributed by atoms with Crippen molar-refractivity contribution in [1.29, 1.82) is 0 Å². The first-order valence-electron chi connectivity index (χ1n) is 5.68. The Bertz CT molecular complexity index is 389. The molecule has 2 rings (SSSR count). The zero-order valence-corrected chi connectivity index (χ0v) is 10.9. The molecule has 1 aromatic heterocycles. The smallest absolute Gasteiger partial charge is 0.404 e. The van der Waals surface area contributed by atoms with Crippen LogP contribution in [0.3, 0.4) is 0 Å². The van der Waals surface area contributed by atoms with E-state index in [1.807, 2.05) is 5.38 Å². The molecule has 0 bridgehead atoms. The van der Waals surface area contributed by atoms with E-state index in [2.05, 4.69) is 10.3 Å². The number of nitrogens with one attached hydrogen (secondary N) is 1. The monoisotopic (exact) mass is 274 g/mol. The van der Waals surface area contributed by atoms with Gasteiger partial charge in [0.15, 0.2) is 0 Å². The molecule has 0 aromatic carbocycles. The van der Waals surface area contributed by atoms with Crippen LogP contribution in [-0.2, 0) is 5.88 Å². The lowest BCUT2D eigenvalue weighted by Gasteiger charge is -2.26. The average molecular weight is 275 g/mol. The van der Waals surface area contributed by atoms with Crippen molar-refractivity contribution in [3.05, 3.63) is 16.1 Å². The predicted octanol–water partition coefficient (Wildman–Crippen LogP) is 3.18. The number of carboxylic acid groups (broad SMARTS) is 1. The van der Waals surface area contributed by atoms with Gasteiger partial charge >= 0.3 is 6.09 Å². The Morgan fingerprint density at radius 1 is 1.53 bits per heavy atom. The first kappa shape index (κ1) is 12.6. The van der Waals surface area contributed by atoms with Crippen molar-refractivity contribution in [1.82, 2.24) is 10.3 Å². The molecule has 1 heterocycles.